The molecule has 0 saturated carbocycles. The van der Waals surface area contributed by atoms with E-state index in [1.54, 1.807) is 0 Å². The third-order valence-electron chi connectivity index (χ3n) is 5.51. The van der Waals surface area contributed by atoms with Gasteiger partial charge in [0.1, 0.15) is 5.82 Å². The molecule has 0 aliphatic heterocycles. The highest BCUT2D eigenvalue weighted by Crippen LogP contribution is 2.29. The highest BCUT2D eigenvalue weighted by Gasteiger charge is 2.18. The molecule has 0 atom stereocenters. The molecule has 1 aromatic heterocycles. The fourth-order valence-corrected chi connectivity index (χ4v) is 4.68. The van der Waals surface area contributed by atoms with Gasteiger partial charge in [-0.1, -0.05) is 85.7 Å². The normalized spacial score (nSPS) is 11.1. The Balaban J connectivity index is 1.56. The number of nitrogens with zero attached hydrogens (tertiary/aromatic N) is 3. The van der Waals surface area contributed by atoms with E-state index in [9.17, 15) is 4.79 Å². The monoisotopic (exact) mass is 490 g/mol. The molecular formula is C27H27ClN4OS. The molecule has 0 radical (unpaired) electrons. The summed E-state index contributed by atoms with van der Waals surface area (Å²) in [5.41, 5.74) is 5.13. The number of benzene rings is 3. The molecule has 4 aromatic rings. The molecule has 5 nitrogen and oxygen atoms in total. The van der Waals surface area contributed by atoms with Crippen molar-refractivity contribution in [2.45, 2.75) is 38.3 Å². The first-order valence-corrected chi connectivity index (χ1v) is 12.5. The molecule has 4 rings (SSSR count). The molecule has 0 unspecified atom stereocenters. The number of para-hydroxylation sites is 1. The van der Waals surface area contributed by atoms with Crippen LogP contribution in [0.5, 0.6) is 0 Å². The molecule has 7 heteroatoms. The predicted molar refractivity (Wildman–Crippen MR) is 140 cm³/mol. The summed E-state index contributed by atoms with van der Waals surface area (Å²) in [6, 6.07) is 23.8. The average molecular weight is 491 g/mol. The molecule has 1 N–H and O–H groups in total. The molecular weight excluding hydrogens is 464 g/mol. The Morgan fingerprint density at radius 2 is 1.74 bits per heavy atom. The van der Waals surface area contributed by atoms with E-state index in [4.69, 9.17) is 11.6 Å². The average Bonchev–Trinajstić information content (AvgIpc) is 3.22. The van der Waals surface area contributed by atoms with Crippen molar-refractivity contribution in [3.05, 3.63) is 100 Å². The fraction of sp³-hybridized carbons (Fsp3) is 0.222. The van der Waals surface area contributed by atoms with E-state index in [1.165, 1.54) is 11.8 Å². The minimum atomic E-state index is -0.0727. The number of carbonyl (C=O) groups excluding carboxylic acids is 1. The number of carbonyl (C=O) groups is 1. The van der Waals surface area contributed by atoms with Crippen LogP contribution in [0.2, 0.25) is 5.02 Å². The summed E-state index contributed by atoms with van der Waals surface area (Å²) >= 11 is 7.48. The smallest absolute Gasteiger partial charge is 0.234 e. The summed E-state index contributed by atoms with van der Waals surface area (Å²) in [6.07, 6.45) is 0.629. The second kappa shape index (κ2) is 10.9. The Bertz CT molecular complexity index is 1270. The van der Waals surface area contributed by atoms with Gasteiger partial charge in [0.2, 0.25) is 5.91 Å². The first-order valence-electron chi connectivity index (χ1n) is 11.2. The maximum atomic E-state index is 12.9. The minimum absolute atomic E-state index is 0.0727. The molecule has 0 aliphatic rings. The number of hydrogen-bond donors (Lipinski definition) is 1. The van der Waals surface area contributed by atoms with Gasteiger partial charge in [-0.15, -0.1) is 10.2 Å². The number of hydrogen-bond acceptors (Lipinski definition) is 4. The lowest BCUT2D eigenvalue weighted by molar-refractivity contribution is -0.113. The zero-order chi connectivity index (χ0) is 24.1. The van der Waals surface area contributed by atoms with Crippen LogP contribution in [-0.2, 0) is 11.2 Å². The third kappa shape index (κ3) is 5.69. The lowest BCUT2D eigenvalue weighted by Crippen LogP contribution is -2.17. The molecule has 0 fully saturated rings. The van der Waals surface area contributed by atoms with E-state index in [0.29, 0.717) is 22.5 Å². The molecule has 0 spiro atoms. The van der Waals surface area contributed by atoms with Crippen molar-refractivity contribution >= 4 is 35.0 Å². The van der Waals surface area contributed by atoms with E-state index >= 15 is 0 Å². The van der Waals surface area contributed by atoms with Crippen LogP contribution in [0.15, 0.2) is 78.0 Å². The second-order valence-electron chi connectivity index (χ2n) is 8.40. The Kier molecular flexibility index (Phi) is 7.70. The number of nitrogens with one attached hydrogen (secondary N) is 1. The van der Waals surface area contributed by atoms with E-state index in [-0.39, 0.29) is 11.7 Å². The van der Waals surface area contributed by atoms with Crippen LogP contribution in [0.4, 0.5) is 5.69 Å². The molecule has 174 valence electrons. The summed E-state index contributed by atoms with van der Waals surface area (Å²) in [5, 5.41) is 13.3. The zero-order valence-electron chi connectivity index (χ0n) is 19.5. The van der Waals surface area contributed by atoms with Crippen molar-refractivity contribution in [3.63, 3.8) is 0 Å². The third-order valence-corrected chi connectivity index (χ3v) is 6.70. The van der Waals surface area contributed by atoms with Gasteiger partial charge in [0.25, 0.3) is 0 Å². The maximum absolute atomic E-state index is 12.9. The van der Waals surface area contributed by atoms with Crippen LogP contribution < -0.4 is 5.32 Å². The number of rotatable bonds is 8. The highest BCUT2D eigenvalue weighted by molar-refractivity contribution is 7.99. The molecule has 1 heterocycles. The molecule has 1 amide bonds. The Hall–Kier alpha value is -3.09. The SMILES string of the molecule is Cc1cccc(C(C)C)c1NC(=O)CSc1nnc(Cc2ccccc2)n1-c1ccc(Cl)cc1. The summed E-state index contributed by atoms with van der Waals surface area (Å²) in [5.74, 6) is 1.27. The van der Waals surface area contributed by atoms with Crippen LogP contribution in [0.3, 0.4) is 0 Å². The number of thioether (sulfide) groups is 1. The standard InChI is InChI=1S/C27H27ClN4OS/c1-18(2)23-11-7-8-19(3)26(23)29-25(33)17-34-27-31-30-24(16-20-9-5-4-6-10-20)32(27)22-14-12-21(28)13-15-22/h4-15,18H,16-17H2,1-3H3,(H,29,33). The van der Waals surface area contributed by atoms with E-state index in [1.807, 2.05) is 66.1 Å². The van der Waals surface area contributed by atoms with Crippen LogP contribution >= 0.6 is 23.4 Å². The Morgan fingerprint density at radius 3 is 2.44 bits per heavy atom. The quantitative estimate of drug-likeness (QED) is 0.280. The van der Waals surface area contributed by atoms with E-state index in [2.05, 4.69) is 47.6 Å². The number of aromatic nitrogens is 3. The number of halogens is 1. The Morgan fingerprint density at radius 1 is 1.00 bits per heavy atom. The van der Waals surface area contributed by atoms with Gasteiger partial charge in [-0.05, 0) is 53.8 Å². The van der Waals surface area contributed by atoms with Gasteiger partial charge in [0.15, 0.2) is 5.16 Å². The Labute approximate surface area is 209 Å². The molecule has 0 aliphatic carbocycles. The lowest BCUT2D eigenvalue weighted by atomic mass is 9.98. The van der Waals surface area contributed by atoms with Gasteiger partial charge in [-0.25, -0.2) is 0 Å². The molecule has 3 aromatic carbocycles. The van der Waals surface area contributed by atoms with Crippen LogP contribution in [0.1, 0.15) is 42.3 Å². The van der Waals surface area contributed by atoms with Crippen molar-refractivity contribution in [2.24, 2.45) is 0 Å². The highest BCUT2D eigenvalue weighted by atomic mass is 35.5. The van der Waals surface area contributed by atoms with Crippen molar-refractivity contribution < 1.29 is 4.79 Å². The summed E-state index contributed by atoms with van der Waals surface area (Å²) in [4.78, 5) is 12.9. The molecule has 0 bridgehead atoms. The van der Waals surface area contributed by atoms with Crippen molar-refractivity contribution in [1.82, 2.24) is 14.8 Å². The largest absolute Gasteiger partial charge is 0.325 e. The molecule has 0 saturated heterocycles. The van der Waals surface area contributed by atoms with Gasteiger partial charge in [-0.2, -0.15) is 0 Å². The number of anilines is 1. The van der Waals surface area contributed by atoms with Crippen LogP contribution in [-0.4, -0.2) is 26.4 Å². The van der Waals surface area contributed by atoms with Crippen LogP contribution in [0, 0.1) is 6.92 Å². The van der Waals surface area contributed by atoms with Crippen LogP contribution in [0.25, 0.3) is 5.69 Å². The van der Waals surface area contributed by atoms with Gasteiger partial charge in [-0.3, -0.25) is 9.36 Å². The summed E-state index contributed by atoms with van der Waals surface area (Å²) < 4.78 is 1.99. The number of aryl methyl sites for hydroxylation is 1. The van der Waals surface area contributed by atoms with E-state index < -0.39 is 0 Å². The lowest BCUT2D eigenvalue weighted by Gasteiger charge is -2.16. The predicted octanol–water partition coefficient (Wildman–Crippen LogP) is 6.67. The zero-order valence-corrected chi connectivity index (χ0v) is 21.0. The van der Waals surface area contributed by atoms with Crippen molar-refractivity contribution in [1.29, 1.82) is 0 Å². The topological polar surface area (TPSA) is 59.8 Å². The fourth-order valence-electron chi connectivity index (χ4n) is 3.78. The van der Waals surface area contributed by atoms with Crippen molar-refractivity contribution in [3.8, 4) is 5.69 Å². The van der Waals surface area contributed by atoms with Gasteiger partial charge >= 0.3 is 0 Å². The summed E-state index contributed by atoms with van der Waals surface area (Å²) in [6.45, 7) is 6.27. The second-order valence-corrected chi connectivity index (χ2v) is 9.78. The minimum Gasteiger partial charge on any atom is -0.325 e. The maximum Gasteiger partial charge on any atom is 0.234 e. The van der Waals surface area contributed by atoms with Gasteiger partial charge in [0.05, 0.1) is 5.75 Å². The first kappa shape index (κ1) is 24.0. The first-order chi connectivity index (χ1) is 16.4. The number of amides is 1. The van der Waals surface area contributed by atoms with Gasteiger partial charge in [0, 0.05) is 22.8 Å². The van der Waals surface area contributed by atoms with Crippen molar-refractivity contribution in [2.75, 3.05) is 11.1 Å². The molecule has 34 heavy (non-hydrogen) atoms. The van der Waals surface area contributed by atoms with Gasteiger partial charge < -0.3 is 5.32 Å². The van der Waals surface area contributed by atoms with E-state index in [0.717, 1.165) is 33.9 Å². The summed E-state index contributed by atoms with van der Waals surface area (Å²) in [7, 11) is 0.